The van der Waals surface area contributed by atoms with E-state index in [2.05, 4.69) is 11.4 Å². The Morgan fingerprint density at radius 1 is 1.17 bits per heavy atom. The molecule has 18 heavy (non-hydrogen) atoms. The van der Waals surface area contributed by atoms with E-state index in [1.165, 1.54) is 0 Å². The summed E-state index contributed by atoms with van der Waals surface area (Å²) >= 11 is 0. The molecule has 90 valence electrons. The summed E-state index contributed by atoms with van der Waals surface area (Å²) in [5, 5.41) is 12.2. The van der Waals surface area contributed by atoms with Gasteiger partial charge in [-0.2, -0.15) is 5.26 Å². The summed E-state index contributed by atoms with van der Waals surface area (Å²) in [4.78, 5) is 0. The van der Waals surface area contributed by atoms with Gasteiger partial charge < -0.3 is 10.1 Å². The molecule has 0 unspecified atom stereocenters. The largest absolute Gasteiger partial charge is 0.495 e. The number of rotatable bonds is 4. The predicted molar refractivity (Wildman–Crippen MR) is 71.5 cm³/mol. The summed E-state index contributed by atoms with van der Waals surface area (Å²) in [6.07, 6.45) is 0. The lowest BCUT2D eigenvalue weighted by atomic mass is 10.1. The number of nitrogens with zero attached hydrogens (tertiary/aromatic N) is 1. The number of anilines is 1. The topological polar surface area (TPSA) is 45.0 Å². The van der Waals surface area contributed by atoms with Crippen LogP contribution in [0.5, 0.6) is 5.75 Å². The molecule has 0 aliphatic rings. The van der Waals surface area contributed by atoms with Gasteiger partial charge in [0.05, 0.1) is 12.7 Å². The van der Waals surface area contributed by atoms with Gasteiger partial charge in [0.25, 0.3) is 0 Å². The van der Waals surface area contributed by atoms with Crippen molar-refractivity contribution >= 4 is 5.69 Å². The highest BCUT2D eigenvalue weighted by Gasteiger charge is 2.03. The van der Waals surface area contributed by atoms with Crippen LogP contribution in [-0.4, -0.2) is 7.11 Å². The van der Waals surface area contributed by atoms with E-state index < -0.39 is 0 Å². The molecule has 2 rings (SSSR count). The Morgan fingerprint density at radius 2 is 1.94 bits per heavy atom. The number of benzene rings is 2. The van der Waals surface area contributed by atoms with Crippen molar-refractivity contribution in [2.24, 2.45) is 0 Å². The van der Waals surface area contributed by atoms with Gasteiger partial charge in [-0.1, -0.05) is 24.3 Å². The number of para-hydroxylation sites is 1. The maximum absolute atomic E-state index is 8.90. The molecule has 0 heterocycles. The van der Waals surface area contributed by atoms with Crippen LogP contribution in [0.15, 0.2) is 48.5 Å². The van der Waals surface area contributed by atoms with Crippen LogP contribution in [-0.2, 0) is 6.54 Å². The number of nitriles is 1. The maximum Gasteiger partial charge on any atom is 0.136 e. The van der Waals surface area contributed by atoms with E-state index in [4.69, 9.17) is 10.00 Å². The fourth-order valence-electron chi connectivity index (χ4n) is 1.70. The van der Waals surface area contributed by atoms with Crippen molar-refractivity contribution in [3.05, 3.63) is 59.7 Å². The third-order valence-corrected chi connectivity index (χ3v) is 2.66. The van der Waals surface area contributed by atoms with Gasteiger partial charge in [-0.05, 0) is 29.8 Å². The molecule has 0 fully saturated rings. The monoisotopic (exact) mass is 238 g/mol. The normalized spacial score (nSPS) is 9.56. The fraction of sp³-hybridized carbons (Fsp3) is 0.133. The van der Waals surface area contributed by atoms with E-state index in [-0.39, 0.29) is 0 Å². The zero-order valence-electron chi connectivity index (χ0n) is 10.2. The average molecular weight is 238 g/mol. The van der Waals surface area contributed by atoms with Crippen LogP contribution in [0.2, 0.25) is 0 Å². The summed E-state index contributed by atoms with van der Waals surface area (Å²) in [5.74, 6) is 0.616. The highest BCUT2D eigenvalue weighted by atomic mass is 16.5. The van der Waals surface area contributed by atoms with E-state index in [0.717, 1.165) is 11.3 Å². The van der Waals surface area contributed by atoms with Gasteiger partial charge >= 0.3 is 0 Å². The molecule has 0 atom stereocenters. The Balaban J connectivity index is 2.09. The van der Waals surface area contributed by atoms with Crippen molar-refractivity contribution in [2.75, 3.05) is 12.4 Å². The average Bonchev–Trinajstić information content (AvgIpc) is 2.45. The van der Waals surface area contributed by atoms with Gasteiger partial charge in [-0.3, -0.25) is 0 Å². The molecule has 1 N–H and O–H groups in total. The molecule has 0 amide bonds. The molecule has 0 saturated heterocycles. The van der Waals surface area contributed by atoms with E-state index in [0.29, 0.717) is 17.9 Å². The number of hydrogen-bond acceptors (Lipinski definition) is 3. The summed E-state index contributed by atoms with van der Waals surface area (Å²) in [6.45, 7) is 0.700. The SMILES string of the molecule is COc1cc(CNc2ccccc2)ccc1C#N. The Kier molecular flexibility index (Phi) is 3.83. The highest BCUT2D eigenvalue weighted by molar-refractivity contribution is 5.47. The molecule has 0 aromatic heterocycles. The molecule has 3 nitrogen and oxygen atoms in total. The van der Waals surface area contributed by atoms with Crippen LogP contribution in [0, 0.1) is 11.3 Å². The van der Waals surface area contributed by atoms with Crippen LogP contribution in [0.1, 0.15) is 11.1 Å². The molecule has 0 spiro atoms. The second kappa shape index (κ2) is 5.74. The first kappa shape index (κ1) is 12.0. The molecule has 3 heteroatoms. The van der Waals surface area contributed by atoms with Crippen molar-refractivity contribution < 1.29 is 4.74 Å². The second-order valence-electron chi connectivity index (χ2n) is 3.87. The zero-order chi connectivity index (χ0) is 12.8. The minimum atomic E-state index is 0.556. The molecular weight excluding hydrogens is 224 g/mol. The Labute approximate surface area is 107 Å². The van der Waals surface area contributed by atoms with E-state index in [9.17, 15) is 0 Å². The molecular formula is C15H14N2O. The van der Waals surface area contributed by atoms with Crippen molar-refractivity contribution in [1.29, 1.82) is 5.26 Å². The number of nitrogens with one attached hydrogen (secondary N) is 1. The van der Waals surface area contributed by atoms with Gasteiger partial charge in [-0.15, -0.1) is 0 Å². The van der Waals surface area contributed by atoms with Crippen LogP contribution >= 0.6 is 0 Å². The van der Waals surface area contributed by atoms with Crippen LogP contribution in [0.4, 0.5) is 5.69 Å². The molecule has 0 bridgehead atoms. The van der Waals surface area contributed by atoms with Crippen molar-refractivity contribution in [1.82, 2.24) is 0 Å². The van der Waals surface area contributed by atoms with Crippen LogP contribution < -0.4 is 10.1 Å². The van der Waals surface area contributed by atoms with E-state index >= 15 is 0 Å². The summed E-state index contributed by atoms with van der Waals surface area (Å²) in [7, 11) is 1.57. The van der Waals surface area contributed by atoms with Crippen molar-refractivity contribution in [3.8, 4) is 11.8 Å². The predicted octanol–water partition coefficient (Wildman–Crippen LogP) is 3.18. The molecule has 0 saturated carbocycles. The fourth-order valence-corrected chi connectivity index (χ4v) is 1.70. The Bertz CT molecular complexity index is 558. The van der Waals surface area contributed by atoms with Crippen molar-refractivity contribution in [2.45, 2.75) is 6.54 Å². The molecule has 0 aliphatic heterocycles. The lowest BCUT2D eigenvalue weighted by Gasteiger charge is -2.08. The third kappa shape index (κ3) is 2.80. The van der Waals surface area contributed by atoms with Gasteiger partial charge in [0.1, 0.15) is 11.8 Å². The molecule has 0 aliphatic carbocycles. The van der Waals surface area contributed by atoms with E-state index in [1.54, 1.807) is 13.2 Å². The summed E-state index contributed by atoms with van der Waals surface area (Å²) in [6, 6.07) is 17.7. The standard InChI is InChI=1S/C15H14N2O/c1-18-15-9-12(7-8-13(15)10-16)11-17-14-5-3-2-4-6-14/h2-9,17H,11H2,1H3. The van der Waals surface area contributed by atoms with Gasteiger partial charge in [-0.25, -0.2) is 0 Å². The first-order chi connectivity index (χ1) is 8.83. The quantitative estimate of drug-likeness (QED) is 0.889. The molecule has 0 radical (unpaired) electrons. The first-order valence-electron chi connectivity index (χ1n) is 5.69. The maximum atomic E-state index is 8.90. The van der Waals surface area contributed by atoms with Crippen LogP contribution in [0.3, 0.4) is 0 Å². The second-order valence-corrected chi connectivity index (χ2v) is 3.87. The van der Waals surface area contributed by atoms with E-state index in [1.807, 2.05) is 42.5 Å². The zero-order valence-corrected chi connectivity index (χ0v) is 10.2. The minimum absolute atomic E-state index is 0.556. The highest BCUT2D eigenvalue weighted by Crippen LogP contribution is 2.20. The number of hydrogen-bond donors (Lipinski definition) is 1. The number of methoxy groups -OCH3 is 1. The summed E-state index contributed by atoms with van der Waals surface area (Å²) in [5.41, 5.74) is 2.71. The lowest BCUT2D eigenvalue weighted by Crippen LogP contribution is -2.00. The van der Waals surface area contributed by atoms with Gasteiger partial charge in [0.2, 0.25) is 0 Å². The molecule has 2 aromatic rings. The van der Waals surface area contributed by atoms with Gasteiger partial charge in [0.15, 0.2) is 0 Å². The first-order valence-corrected chi connectivity index (χ1v) is 5.69. The summed E-state index contributed by atoms with van der Waals surface area (Å²) < 4.78 is 5.18. The smallest absolute Gasteiger partial charge is 0.136 e. The number of ether oxygens (including phenoxy) is 1. The minimum Gasteiger partial charge on any atom is -0.495 e. The van der Waals surface area contributed by atoms with Crippen LogP contribution in [0.25, 0.3) is 0 Å². The van der Waals surface area contributed by atoms with Gasteiger partial charge in [0, 0.05) is 12.2 Å². The lowest BCUT2D eigenvalue weighted by molar-refractivity contribution is 0.413. The Hall–Kier alpha value is -2.47. The van der Waals surface area contributed by atoms with Crippen molar-refractivity contribution in [3.63, 3.8) is 0 Å². The Morgan fingerprint density at radius 3 is 2.61 bits per heavy atom. The molecule has 2 aromatic carbocycles. The third-order valence-electron chi connectivity index (χ3n) is 2.66.